The van der Waals surface area contributed by atoms with Gasteiger partial charge in [-0.2, -0.15) is 0 Å². The maximum absolute atomic E-state index is 12.0. The summed E-state index contributed by atoms with van der Waals surface area (Å²) in [5.41, 5.74) is 0. The molecule has 5 heteroatoms. The Bertz CT molecular complexity index is 525. The van der Waals surface area contributed by atoms with Gasteiger partial charge in [-0.1, -0.05) is 22.0 Å². The van der Waals surface area contributed by atoms with Gasteiger partial charge in [0.2, 0.25) is 5.91 Å². The Morgan fingerprint density at radius 3 is 2.68 bits per heavy atom. The van der Waals surface area contributed by atoms with Crippen LogP contribution in [0, 0.1) is 0 Å². The molecule has 2 nitrogen and oxygen atoms in total. The molecule has 100 valence electrons. The number of thiophene rings is 1. The van der Waals surface area contributed by atoms with Gasteiger partial charge in [0.1, 0.15) is 0 Å². The third kappa shape index (κ3) is 4.67. The van der Waals surface area contributed by atoms with Gasteiger partial charge in [0.25, 0.3) is 0 Å². The maximum atomic E-state index is 12.0. The van der Waals surface area contributed by atoms with Crippen molar-refractivity contribution < 1.29 is 4.79 Å². The molecule has 1 heterocycles. The molecule has 0 fully saturated rings. The van der Waals surface area contributed by atoms with Crippen LogP contribution in [0.25, 0.3) is 0 Å². The Kier molecular flexibility index (Phi) is 5.48. The Balaban J connectivity index is 1.82. The third-order valence-corrected chi connectivity index (χ3v) is 4.96. The first kappa shape index (κ1) is 14.6. The number of halogens is 1. The van der Waals surface area contributed by atoms with Crippen molar-refractivity contribution in [1.29, 1.82) is 0 Å². The first-order chi connectivity index (χ1) is 9.15. The van der Waals surface area contributed by atoms with E-state index in [1.54, 1.807) is 28.0 Å². The van der Waals surface area contributed by atoms with Crippen LogP contribution in [-0.4, -0.2) is 23.6 Å². The molecule has 0 N–H and O–H groups in total. The van der Waals surface area contributed by atoms with E-state index in [2.05, 4.69) is 22.0 Å². The highest BCUT2D eigenvalue weighted by atomic mass is 79.9. The number of amides is 1. The average molecular weight is 356 g/mol. The third-order valence-electron chi connectivity index (χ3n) is 2.57. The van der Waals surface area contributed by atoms with Gasteiger partial charge in [-0.25, -0.2) is 0 Å². The number of nitrogens with zero attached hydrogens (tertiary/aromatic N) is 1. The van der Waals surface area contributed by atoms with E-state index in [4.69, 9.17) is 0 Å². The Hall–Kier alpha value is -0.780. The second-order valence-electron chi connectivity index (χ2n) is 4.07. The molecule has 2 rings (SSSR count). The molecule has 0 bridgehead atoms. The number of hydrogen-bond acceptors (Lipinski definition) is 3. The van der Waals surface area contributed by atoms with Crippen molar-refractivity contribution in [1.82, 2.24) is 4.90 Å². The van der Waals surface area contributed by atoms with Crippen LogP contribution in [0.4, 0.5) is 0 Å². The van der Waals surface area contributed by atoms with Crippen LogP contribution in [0.2, 0.25) is 0 Å². The smallest absolute Gasteiger partial charge is 0.233 e. The molecule has 1 aromatic heterocycles. The fourth-order valence-electron chi connectivity index (χ4n) is 1.51. The normalized spacial score (nSPS) is 10.4. The summed E-state index contributed by atoms with van der Waals surface area (Å²) in [5, 5.41) is 2.03. The van der Waals surface area contributed by atoms with Crippen LogP contribution in [0.15, 0.2) is 51.1 Å². The van der Waals surface area contributed by atoms with E-state index < -0.39 is 0 Å². The number of hydrogen-bond donors (Lipinski definition) is 0. The quantitative estimate of drug-likeness (QED) is 0.746. The zero-order valence-corrected chi connectivity index (χ0v) is 13.7. The molecule has 0 radical (unpaired) electrons. The molecule has 0 atom stereocenters. The molecule has 0 spiro atoms. The molecule has 0 aliphatic carbocycles. The van der Waals surface area contributed by atoms with Crippen LogP contribution in [0.3, 0.4) is 0 Å². The molecule has 19 heavy (non-hydrogen) atoms. The van der Waals surface area contributed by atoms with Gasteiger partial charge in [0.15, 0.2) is 0 Å². The standard InChI is InChI=1S/C14H14BrNOS2/c1-16(9-13-3-2-8-18-13)14(17)10-19-12-6-4-11(15)5-7-12/h2-8H,9-10H2,1H3. The summed E-state index contributed by atoms with van der Waals surface area (Å²) >= 11 is 6.65. The monoisotopic (exact) mass is 355 g/mol. The van der Waals surface area contributed by atoms with Gasteiger partial charge in [-0.05, 0) is 35.7 Å². The minimum Gasteiger partial charge on any atom is -0.340 e. The largest absolute Gasteiger partial charge is 0.340 e. The minimum absolute atomic E-state index is 0.154. The fraction of sp³-hybridized carbons (Fsp3) is 0.214. The van der Waals surface area contributed by atoms with Gasteiger partial charge < -0.3 is 4.90 Å². The molecule has 0 unspecified atom stereocenters. The minimum atomic E-state index is 0.154. The lowest BCUT2D eigenvalue weighted by Crippen LogP contribution is -2.27. The van der Waals surface area contributed by atoms with E-state index in [1.807, 2.05) is 42.8 Å². The van der Waals surface area contributed by atoms with Crippen LogP contribution in [0.1, 0.15) is 4.88 Å². The van der Waals surface area contributed by atoms with Crippen molar-refractivity contribution in [2.45, 2.75) is 11.4 Å². The van der Waals surface area contributed by atoms with E-state index in [-0.39, 0.29) is 5.91 Å². The Morgan fingerprint density at radius 2 is 2.05 bits per heavy atom. The summed E-state index contributed by atoms with van der Waals surface area (Å²) in [6.45, 7) is 0.692. The molecular weight excluding hydrogens is 342 g/mol. The highest BCUT2D eigenvalue weighted by Gasteiger charge is 2.10. The summed E-state index contributed by atoms with van der Waals surface area (Å²) in [5.74, 6) is 0.630. The van der Waals surface area contributed by atoms with Crippen LogP contribution in [0.5, 0.6) is 0 Å². The van der Waals surface area contributed by atoms with Crippen molar-refractivity contribution >= 4 is 44.9 Å². The van der Waals surface area contributed by atoms with Crippen LogP contribution >= 0.6 is 39.0 Å². The van der Waals surface area contributed by atoms with Crippen molar-refractivity contribution in [2.75, 3.05) is 12.8 Å². The van der Waals surface area contributed by atoms with Crippen molar-refractivity contribution in [3.63, 3.8) is 0 Å². The molecule has 1 amide bonds. The lowest BCUT2D eigenvalue weighted by molar-refractivity contribution is -0.127. The van der Waals surface area contributed by atoms with E-state index in [1.165, 1.54) is 4.88 Å². The average Bonchev–Trinajstić information content (AvgIpc) is 2.90. The lowest BCUT2D eigenvalue weighted by atomic mass is 10.4. The summed E-state index contributed by atoms with van der Waals surface area (Å²) in [4.78, 5) is 16.1. The maximum Gasteiger partial charge on any atom is 0.233 e. The molecule has 0 aliphatic heterocycles. The zero-order valence-electron chi connectivity index (χ0n) is 10.5. The predicted octanol–water partition coefficient (Wildman–Crippen LogP) is 4.26. The Labute approximate surface area is 130 Å². The van der Waals surface area contributed by atoms with E-state index in [0.29, 0.717) is 12.3 Å². The van der Waals surface area contributed by atoms with Crippen LogP contribution in [-0.2, 0) is 11.3 Å². The lowest BCUT2D eigenvalue weighted by Gasteiger charge is -2.15. The first-order valence-electron chi connectivity index (χ1n) is 5.80. The van der Waals surface area contributed by atoms with Crippen molar-refractivity contribution in [2.24, 2.45) is 0 Å². The van der Waals surface area contributed by atoms with Gasteiger partial charge in [-0.3, -0.25) is 4.79 Å². The van der Waals surface area contributed by atoms with Gasteiger partial charge in [0, 0.05) is 21.3 Å². The number of carbonyl (C=O) groups is 1. The second-order valence-corrected chi connectivity index (χ2v) is 7.07. The SMILES string of the molecule is CN(Cc1cccs1)C(=O)CSc1ccc(Br)cc1. The van der Waals surface area contributed by atoms with Gasteiger partial charge in [-0.15, -0.1) is 23.1 Å². The molecule has 2 aromatic rings. The fourth-order valence-corrected chi connectivity index (χ4v) is 3.37. The van der Waals surface area contributed by atoms with Crippen LogP contribution < -0.4 is 0 Å². The second kappa shape index (κ2) is 7.12. The van der Waals surface area contributed by atoms with E-state index in [9.17, 15) is 4.79 Å². The molecular formula is C14H14BrNOS2. The molecule has 1 aromatic carbocycles. The van der Waals surface area contributed by atoms with Gasteiger partial charge >= 0.3 is 0 Å². The Morgan fingerprint density at radius 1 is 1.32 bits per heavy atom. The topological polar surface area (TPSA) is 20.3 Å². The summed E-state index contributed by atoms with van der Waals surface area (Å²) in [6, 6.07) is 12.1. The highest BCUT2D eigenvalue weighted by molar-refractivity contribution is 9.10. The zero-order chi connectivity index (χ0) is 13.7. The van der Waals surface area contributed by atoms with Crippen molar-refractivity contribution in [3.05, 3.63) is 51.1 Å². The number of benzene rings is 1. The first-order valence-corrected chi connectivity index (χ1v) is 8.45. The van der Waals surface area contributed by atoms with E-state index in [0.717, 1.165) is 9.37 Å². The van der Waals surface area contributed by atoms with Crippen molar-refractivity contribution in [3.8, 4) is 0 Å². The highest BCUT2D eigenvalue weighted by Crippen LogP contribution is 2.21. The molecule has 0 saturated heterocycles. The predicted molar refractivity (Wildman–Crippen MR) is 85.7 cm³/mol. The number of rotatable bonds is 5. The summed E-state index contributed by atoms with van der Waals surface area (Å²) in [7, 11) is 1.85. The molecule has 0 aliphatic rings. The number of thioether (sulfide) groups is 1. The number of carbonyl (C=O) groups excluding carboxylic acids is 1. The summed E-state index contributed by atoms with van der Waals surface area (Å²) in [6.07, 6.45) is 0. The summed E-state index contributed by atoms with van der Waals surface area (Å²) < 4.78 is 1.05. The molecule has 0 saturated carbocycles. The van der Waals surface area contributed by atoms with E-state index >= 15 is 0 Å². The van der Waals surface area contributed by atoms with Gasteiger partial charge in [0.05, 0.1) is 12.3 Å².